The first kappa shape index (κ1) is 25.0. The van der Waals surface area contributed by atoms with Crippen molar-refractivity contribution in [2.24, 2.45) is 0 Å². The highest BCUT2D eigenvalue weighted by atomic mass is 35.5. The highest BCUT2D eigenvalue weighted by Gasteiger charge is 2.49. The molecule has 9 heteroatoms. The Morgan fingerprint density at radius 1 is 1.14 bits per heavy atom. The van der Waals surface area contributed by atoms with E-state index in [4.69, 9.17) is 11.6 Å². The molecule has 1 N–H and O–H groups in total. The van der Waals surface area contributed by atoms with Gasteiger partial charge >= 0.3 is 5.91 Å². The van der Waals surface area contributed by atoms with Crippen LogP contribution >= 0.6 is 22.9 Å². The number of pyridine rings is 1. The van der Waals surface area contributed by atoms with Crippen molar-refractivity contribution in [2.75, 3.05) is 4.90 Å². The number of aryl methyl sites for hydroxylation is 1. The van der Waals surface area contributed by atoms with Gasteiger partial charge in [0.05, 0.1) is 26.5 Å². The normalized spacial score (nSPS) is 17.7. The van der Waals surface area contributed by atoms with E-state index in [1.807, 2.05) is 25.1 Å². The summed E-state index contributed by atoms with van der Waals surface area (Å²) in [5, 5.41) is 11.6. The number of carbonyl (C=O) groups excluding carboxylic acids is 2. The Morgan fingerprint density at radius 3 is 2.57 bits per heavy atom. The van der Waals surface area contributed by atoms with E-state index in [1.165, 1.54) is 17.0 Å². The van der Waals surface area contributed by atoms with Crippen LogP contribution in [0.4, 0.5) is 9.52 Å². The number of aliphatic hydroxyl groups excluding tert-OH is 1. The Labute approximate surface area is 222 Å². The number of amides is 1. The number of fused-ring (bicyclic) bond motifs is 1. The second-order valence-electron chi connectivity index (χ2n) is 9.93. The van der Waals surface area contributed by atoms with Gasteiger partial charge < -0.3 is 5.11 Å². The molecule has 37 heavy (non-hydrogen) atoms. The average Bonchev–Trinajstić information content (AvgIpc) is 3.36. The number of nitrogens with zero attached hydrogens (tertiary/aromatic N) is 3. The fourth-order valence-electron chi connectivity index (χ4n) is 4.35. The highest BCUT2D eigenvalue weighted by molar-refractivity contribution is 7.22. The van der Waals surface area contributed by atoms with E-state index < -0.39 is 23.5 Å². The van der Waals surface area contributed by atoms with E-state index in [-0.39, 0.29) is 26.9 Å². The van der Waals surface area contributed by atoms with Crippen LogP contribution in [0, 0.1) is 12.7 Å². The van der Waals surface area contributed by atoms with E-state index in [1.54, 1.807) is 24.4 Å². The first-order chi connectivity index (χ1) is 17.5. The number of aromatic nitrogens is 2. The lowest BCUT2D eigenvalue weighted by Crippen LogP contribution is -2.29. The van der Waals surface area contributed by atoms with Gasteiger partial charge in [-0.1, -0.05) is 61.9 Å². The molecule has 1 saturated heterocycles. The molecule has 0 spiro atoms. The number of carbonyl (C=O) groups is 2. The molecule has 0 radical (unpaired) electrons. The molecule has 1 atom stereocenters. The summed E-state index contributed by atoms with van der Waals surface area (Å²) in [6.45, 7) is 7.99. The van der Waals surface area contributed by atoms with Crippen LogP contribution in [0.15, 0.2) is 60.3 Å². The van der Waals surface area contributed by atoms with Gasteiger partial charge in [-0.2, -0.15) is 0 Å². The SMILES string of the molecule is Cc1ccc(C(C)(C)C)cc1/C(O)=C1\C(=O)C(=O)N(c2nc3cc(Cl)c(F)cc3s2)C1c1ccccn1. The van der Waals surface area contributed by atoms with Gasteiger partial charge in [0.1, 0.15) is 17.6 Å². The smallest absolute Gasteiger partial charge is 0.301 e. The maximum Gasteiger partial charge on any atom is 0.301 e. The summed E-state index contributed by atoms with van der Waals surface area (Å²) in [7, 11) is 0. The number of rotatable bonds is 3. The van der Waals surface area contributed by atoms with Crippen molar-refractivity contribution in [3.05, 3.63) is 93.5 Å². The molecule has 0 bridgehead atoms. The Morgan fingerprint density at radius 2 is 1.89 bits per heavy atom. The molecule has 3 heterocycles. The van der Waals surface area contributed by atoms with Gasteiger partial charge in [-0.15, -0.1) is 0 Å². The Hall–Kier alpha value is -3.62. The van der Waals surface area contributed by atoms with Crippen LogP contribution in [-0.4, -0.2) is 26.8 Å². The van der Waals surface area contributed by atoms with Crippen LogP contribution in [0.1, 0.15) is 49.2 Å². The fraction of sp³-hybridized carbons (Fsp3) is 0.214. The third-order valence-electron chi connectivity index (χ3n) is 6.40. The van der Waals surface area contributed by atoms with E-state index in [0.717, 1.165) is 22.5 Å². The van der Waals surface area contributed by atoms with E-state index in [2.05, 4.69) is 30.7 Å². The topological polar surface area (TPSA) is 83.4 Å². The van der Waals surface area contributed by atoms with E-state index in [9.17, 15) is 19.1 Å². The summed E-state index contributed by atoms with van der Waals surface area (Å²) in [5.41, 5.74) is 2.67. The third kappa shape index (κ3) is 4.30. The van der Waals surface area contributed by atoms with Gasteiger partial charge in [0, 0.05) is 11.8 Å². The van der Waals surface area contributed by atoms with Crippen molar-refractivity contribution in [2.45, 2.75) is 39.2 Å². The Balaban J connectivity index is 1.74. The zero-order valence-electron chi connectivity index (χ0n) is 20.5. The summed E-state index contributed by atoms with van der Waals surface area (Å²) >= 11 is 6.98. The van der Waals surface area contributed by atoms with Gasteiger partial charge in [-0.25, -0.2) is 9.37 Å². The molecule has 1 aliphatic heterocycles. The zero-order valence-corrected chi connectivity index (χ0v) is 22.1. The lowest BCUT2D eigenvalue weighted by atomic mass is 9.84. The maximum absolute atomic E-state index is 14.1. The van der Waals surface area contributed by atoms with Crippen molar-refractivity contribution in [1.29, 1.82) is 0 Å². The van der Waals surface area contributed by atoms with Crippen LogP contribution < -0.4 is 4.90 Å². The summed E-state index contributed by atoms with van der Waals surface area (Å²) in [6, 6.07) is 12.4. The molecule has 1 unspecified atom stereocenters. The molecule has 5 rings (SSSR count). The van der Waals surface area contributed by atoms with Crippen molar-refractivity contribution < 1.29 is 19.1 Å². The lowest BCUT2D eigenvalue weighted by Gasteiger charge is -2.23. The highest BCUT2D eigenvalue weighted by Crippen LogP contribution is 2.44. The number of ketones is 1. The van der Waals surface area contributed by atoms with Crippen molar-refractivity contribution >= 4 is 55.7 Å². The van der Waals surface area contributed by atoms with Gasteiger partial charge in [0.25, 0.3) is 5.78 Å². The number of Topliss-reactive ketones (excluding diaryl/α,β-unsaturated/α-hetero) is 1. The van der Waals surface area contributed by atoms with E-state index >= 15 is 0 Å². The largest absolute Gasteiger partial charge is 0.507 e. The number of aliphatic hydroxyl groups is 1. The van der Waals surface area contributed by atoms with Crippen LogP contribution in [-0.2, 0) is 15.0 Å². The van der Waals surface area contributed by atoms with Crippen LogP contribution in [0.5, 0.6) is 0 Å². The van der Waals surface area contributed by atoms with Crippen LogP contribution in [0.3, 0.4) is 0 Å². The Bertz CT molecular complexity index is 1570. The third-order valence-corrected chi connectivity index (χ3v) is 7.70. The number of thiazole rings is 1. The van der Waals surface area contributed by atoms with Gasteiger partial charge in [-0.05, 0) is 53.8 Å². The number of anilines is 1. The molecule has 0 saturated carbocycles. The molecule has 0 aliphatic carbocycles. The first-order valence-electron chi connectivity index (χ1n) is 11.6. The fourth-order valence-corrected chi connectivity index (χ4v) is 5.51. The standard InChI is InChI=1S/C28H23ClFN3O3S/c1-14-8-9-15(28(2,3)4)11-16(14)24(34)22-23(19-7-5-6-10-31-19)33(26(36)25(22)35)27-32-20-12-17(29)18(30)13-21(20)37-27/h5-13,23,34H,1-4H3/b24-22+. The molecule has 1 fully saturated rings. The second kappa shape index (κ2) is 9.04. The molecule has 2 aromatic carbocycles. The molecular formula is C28H23ClFN3O3S. The zero-order chi connectivity index (χ0) is 26.6. The number of hydrogen-bond donors (Lipinski definition) is 1. The minimum absolute atomic E-state index is 0.0821. The number of halogens is 2. The monoisotopic (exact) mass is 535 g/mol. The average molecular weight is 536 g/mol. The van der Waals surface area contributed by atoms with Gasteiger partial charge in [0.15, 0.2) is 5.13 Å². The quantitative estimate of drug-likeness (QED) is 0.179. The maximum atomic E-state index is 14.1. The molecule has 4 aromatic rings. The molecule has 1 aliphatic rings. The number of benzene rings is 2. The summed E-state index contributed by atoms with van der Waals surface area (Å²) in [5.74, 6) is -2.60. The van der Waals surface area contributed by atoms with E-state index in [0.29, 0.717) is 21.5 Å². The molecule has 188 valence electrons. The summed E-state index contributed by atoms with van der Waals surface area (Å²) in [4.78, 5) is 37.0. The van der Waals surface area contributed by atoms with Crippen molar-refractivity contribution in [1.82, 2.24) is 9.97 Å². The number of hydrogen-bond acceptors (Lipinski definition) is 6. The van der Waals surface area contributed by atoms with Gasteiger partial charge in [-0.3, -0.25) is 19.5 Å². The Kier molecular flexibility index (Phi) is 6.12. The molecule has 2 aromatic heterocycles. The minimum atomic E-state index is -1.03. The second-order valence-corrected chi connectivity index (χ2v) is 11.4. The molecule has 1 amide bonds. The molecule has 6 nitrogen and oxygen atoms in total. The first-order valence-corrected chi connectivity index (χ1v) is 12.8. The molecular weight excluding hydrogens is 513 g/mol. The summed E-state index contributed by atoms with van der Waals surface area (Å²) in [6.07, 6.45) is 1.55. The predicted molar refractivity (Wildman–Crippen MR) is 143 cm³/mol. The van der Waals surface area contributed by atoms with Crippen molar-refractivity contribution in [3.8, 4) is 0 Å². The lowest BCUT2D eigenvalue weighted by molar-refractivity contribution is -0.132. The van der Waals surface area contributed by atoms with Crippen LogP contribution in [0.25, 0.3) is 16.0 Å². The summed E-state index contributed by atoms with van der Waals surface area (Å²) < 4.78 is 14.6. The van der Waals surface area contributed by atoms with Gasteiger partial charge in [0.2, 0.25) is 0 Å². The predicted octanol–water partition coefficient (Wildman–Crippen LogP) is 6.72. The van der Waals surface area contributed by atoms with Crippen molar-refractivity contribution in [3.63, 3.8) is 0 Å². The minimum Gasteiger partial charge on any atom is -0.507 e. The van der Waals surface area contributed by atoms with Crippen LogP contribution in [0.2, 0.25) is 5.02 Å².